The van der Waals surface area contributed by atoms with Crippen molar-refractivity contribution in [2.24, 2.45) is 0 Å². The van der Waals surface area contributed by atoms with E-state index in [-0.39, 0.29) is 18.1 Å². The number of hydrogen-bond donors (Lipinski definition) is 1. The lowest BCUT2D eigenvalue weighted by Crippen LogP contribution is -2.49. The fourth-order valence-corrected chi connectivity index (χ4v) is 2.96. The quantitative estimate of drug-likeness (QED) is 0.783. The number of carbonyl (C=O) groups excluding carboxylic acids is 1. The topological polar surface area (TPSA) is 43.8 Å². The molecule has 0 aliphatic carbocycles. The molecule has 1 heterocycles. The van der Waals surface area contributed by atoms with Crippen molar-refractivity contribution in [3.05, 3.63) is 0 Å². The minimum atomic E-state index is -0.286. The van der Waals surface area contributed by atoms with E-state index in [2.05, 4.69) is 4.90 Å². The summed E-state index contributed by atoms with van der Waals surface area (Å²) in [4.78, 5) is 16.5. The highest BCUT2D eigenvalue weighted by Crippen LogP contribution is 2.24. The molecule has 4 heteroatoms. The molecule has 0 radical (unpaired) electrons. The number of nitrogens with zero attached hydrogens (tertiary/aromatic N) is 2. The minimum absolute atomic E-state index is 0.0591. The Morgan fingerprint density at radius 2 is 2.00 bits per heavy atom. The summed E-state index contributed by atoms with van der Waals surface area (Å²) in [6.07, 6.45) is 2.72. The molecule has 1 aliphatic heterocycles. The largest absolute Gasteiger partial charge is 0.393 e. The Balaban J connectivity index is 2.64. The van der Waals surface area contributed by atoms with Crippen LogP contribution in [-0.4, -0.2) is 58.6 Å². The molecular weight excluding hydrogens is 228 g/mol. The summed E-state index contributed by atoms with van der Waals surface area (Å²) in [6, 6.07) is 0.302. The first kappa shape index (κ1) is 15.4. The predicted octanol–water partition coefficient (Wildman–Crippen LogP) is 1.48. The summed E-state index contributed by atoms with van der Waals surface area (Å²) in [5.74, 6) is 0.220. The molecule has 18 heavy (non-hydrogen) atoms. The van der Waals surface area contributed by atoms with Gasteiger partial charge in [0.05, 0.1) is 12.1 Å². The van der Waals surface area contributed by atoms with Crippen molar-refractivity contribution in [3.8, 4) is 0 Å². The van der Waals surface area contributed by atoms with Gasteiger partial charge < -0.3 is 10.0 Å². The van der Waals surface area contributed by atoms with E-state index in [4.69, 9.17) is 0 Å². The molecule has 1 saturated heterocycles. The van der Waals surface area contributed by atoms with E-state index in [0.29, 0.717) is 6.04 Å². The molecule has 0 aromatic heterocycles. The maximum Gasteiger partial charge on any atom is 0.239 e. The van der Waals surface area contributed by atoms with Crippen LogP contribution in [0.2, 0.25) is 0 Å². The molecule has 0 spiro atoms. The molecule has 0 saturated carbocycles. The van der Waals surface area contributed by atoms with Gasteiger partial charge in [0.25, 0.3) is 0 Å². The number of likely N-dealkylation sites (N-methyl/N-ethyl adjacent to an activating group) is 1. The van der Waals surface area contributed by atoms with E-state index in [0.717, 1.165) is 38.9 Å². The standard InChI is InChI=1S/C14H28N2O2/c1-5-15(6-2)14(18)12(4)16-9-7-8-13(16)10-11(3)17/h11-13,17H,5-10H2,1-4H3. The third-order valence-corrected chi connectivity index (χ3v) is 3.97. The van der Waals surface area contributed by atoms with Crippen molar-refractivity contribution in [3.63, 3.8) is 0 Å². The summed E-state index contributed by atoms with van der Waals surface area (Å²) in [7, 11) is 0. The van der Waals surface area contributed by atoms with Gasteiger partial charge in [-0.2, -0.15) is 0 Å². The lowest BCUT2D eigenvalue weighted by Gasteiger charge is -2.33. The van der Waals surface area contributed by atoms with E-state index in [1.807, 2.05) is 32.6 Å². The van der Waals surface area contributed by atoms with Gasteiger partial charge in [-0.25, -0.2) is 0 Å². The molecule has 0 aromatic rings. The summed E-state index contributed by atoms with van der Waals surface area (Å²) in [6.45, 7) is 10.4. The smallest absolute Gasteiger partial charge is 0.239 e. The molecule has 0 bridgehead atoms. The van der Waals surface area contributed by atoms with Crippen molar-refractivity contribution >= 4 is 5.91 Å². The van der Waals surface area contributed by atoms with Gasteiger partial charge in [0.1, 0.15) is 0 Å². The third-order valence-electron chi connectivity index (χ3n) is 3.97. The van der Waals surface area contributed by atoms with Gasteiger partial charge in [-0.15, -0.1) is 0 Å². The average molecular weight is 256 g/mol. The van der Waals surface area contributed by atoms with Gasteiger partial charge in [-0.3, -0.25) is 9.69 Å². The highest BCUT2D eigenvalue weighted by molar-refractivity contribution is 5.81. The van der Waals surface area contributed by atoms with E-state index in [1.165, 1.54) is 0 Å². The molecule has 1 fully saturated rings. The van der Waals surface area contributed by atoms with Crippen LogP contribution in [0.15, 0.2) is 0 Å². The second-order valence-corrected chi connectivity index (χ2v) is 5.31. The number of amides is 1. The van der Waals surface area contributed by atoms with Crippen molar-refractivity contribution in [2.75, 3.05) is 19.6 Å². The van der Waals surface area contributed by atoms with Gasteiger partial charge >= 0.3 is 0 Å². The Bertz CT molecular complexity index is 265. The van der Waals surface area contributed by atoms with Crippen LogP contribution in [0.4, 0.5) is 0 Å². The Labute approximate surface area is 111 Å². The molecule has 0 aromatic carbocycles. The van der Waals surface area contributed by atoms with Gasteiger partial charge in [-0.05, 0) is 53.5 Å². The summed E-state index contributed by atoms with van der Waals surface area (Å²) in [5, 5.41) is 9.53. The second-order valence-electron chi connectivity index (χ2n) is 5.31. The second kappa shape index (κ2) is 7.10. The highest BCUT2D eigenvalue weighted by Gasteiger charge is 2.33. The van der Waals surface area contributed by atoms with Crippen LogP contribution in [0.5, 0.6) is 0 Å². The maximum atomic E-state index is 12.3. The van der Waals surface area contributed by atoms with E-state index < -0.39 is 0 Å². The van der Waals surface area contributed by atoms with E-state index >= 15 is 0 Å². The number of aliphatic hydroxyl groups is 1. The van der Waals surface area contributed by atoms with Gasteiger partial charge in [-0.1, -0.05) is 0 Å². The molecule has 1 N–H and O–H groups in total. The molecule has 1 amide bonds. The molecule has 4 nitrogen and oxygen atoms in total. The zero-order chi connectivity index (χ0) is 13.7. The zero-order valence-electron chi connectivity index (χ0n) is 12.2. The Hall–Kier alpha value is -0.610. The van der Waals surface area contributed by atoms with Crippen molar-refractivity contribution in [1.29, 1.82) is 0 Å². The zero-order valence-corrected chi connectivity index (χ0v) is 12.2. The van der Waals surface area contributed by atoms with Crippen molar-refractivity contribution in [1.82, 2.24) is 9.80 Å². The number of carbonyl (C=O) groups is 1. The lowest BCUT2D eigenvalue weighted by molar-refractivity contribution is -0.136. The molecule has 1 aliphatic rings. The number of hydrogen-bond acceptors (Lipinski definition) is 3. The Morgan fingerprint density at radius 3 is 2.50 bits per heavy atom. The first-order valence-electron chi connectivity index (χ1n) is 7.23. The fraction of sp³-hybridized carbons (Fsp3) is 0.929. The van der Waals surface area contributed by atoms with E-state index in [1.54, 1.807) is 0 Å². The van der Waals surface area contributed by atoms with Crippen LogP contribution in [0.1, 0.15) is 47.0 Å². The van der Waals surface area contributed by atoms with Crippen LogP contribution >= 0.6 is 0 Å². The number of likely N-dealkylation sites (tertiary alicyclic amines) is 1. The van der Waals surface area contributed by atoms with Crippen LogP contribution in [0.25, 0.3) is 0 Å². The van der Waals surface area contributed by atoms with Crippen molar-refractivity contribution in [2.45, 2.75) is 65.1 Å². The van der Waals surface area contributed by atoms with Crippen LogP contribution < -0.4 is 0 Å². The fourth-order valence-electron chi connectivity index (χ4n) is 2.96. The maximum absolute atomic E-state index is 12.3. The molecule has 3 unspecified atom stereocenters. The number of rotatable bonds is 6. The molecular formula is C14H28N2O2. The van der Waals surface area contributed by atoms with E-state index in [9.17, 15) is 9.90 Å². The first-order chi connectivity index (χ1) is 8.51. The Kier molecular flexibility index (Phi) is 6.09. The molecule has 1 rings (SSSR count). The number of aliphatic hydroxyl groups excluding tert-OH is 1. The summed E-state index contributed by atoms with van der Waals surface area (Å²) >= 11 is 0. The van der Waals surface area contributed by atoms with Crippen LogP contribution in [0.3, 0.4) is 0 Å². The van der Waals surface area contributed by atoms with Crippen molar-refractivity contribution < 1.29 is 9.90 Å². The summed E-state index contributed by atoms with van der Waals surface area (Å²) < 4.78 is 0. The third kappa shape index (κ3) is 3.69. The Morgan fingerprint density at radius 1 is 1.39 bits per heavy atom. The van der Waals surface area contributed by atoms with Gasteiger partial charge in [0.15, 0.2) is 0 Å². The van der Waals surface area contributed by atoms with Crippen LogP contribution in [0, 0.1) is 0 Å². The normalized spacial score (nSPS) is 23.9. The SMILES string of the molecule is CCN(CC)C(=O)C(C)N1CCCC1CC(C)O. The first-order valence-corrected chi connectivity index (χ1v) is 7.23. The minimum Gasteiger partial charge on any atom is -0.393 e. The average Bonchev–Trinajstić information content (AvgIpc) is 2.76. The molecule has 106 valence electrons. The predicted molar refractivity (Wildman–Crippen MR) is 73.4 cm³/mol. The lowest BCUT2D eigenvalue weighted by atomic mass is 10.1. The monoisotopic (exact) mass is 256 g/mol. The van der Waals surface area contributed by atoms with Crippen LogP contribution in [-0.2, 0) is 4.79 Å². The molecule has 3 atom stereocenters. The summed E-state index contributed by atoms with van der Waals surface area (Å²) in [5.41, 5.74) is 0. The van der Waals surface area contributed by atoms with Gasteiger partial charge in [0, 0.05) is 19.1 Å². The van der Waals surface area contributed by atoms with Gasteiger partial charge in [0.2, 0.25) is 5.91 Å². The highest BCUT2D eigenvalue weighted by atomic mass is 16.3.